The molecule has 124 valence electrons. The lowest BCUT2D eigenvalue weighted by molar-refractivity contribution is 0.0922. The second-order valence-corrected chi connectivity index (χ2v) is 6.23. The van der Waals surface area contributed by atoms with Gasteiger partial charge in [-0.05, 0) is 18.9 Å². The van der Waals surface area contributed by atoms with E-state index >= 15 is 0 Å². The van der Waals surface area contributed by atoms with E-state index in [1.807, 2.05) is 0 Å². The van der Waals surface area contributed by atoms with Crippen LogP contribution in [0.4, 0.5) is 0 Å². The molecule has 0 aliphatic heterocycles. The fraction of sp³-hybridized carbons (Fsp3) is 0.500. The first kappa shape index (κ1) is 17.5. The molecule has 0 radical (unpaired) electrons. The van der Waals surface area contributed by atoms with Crippen molar-refractivity contribution in [2.24, 2.45) is 0 Å². The lowest BCUT2D eigenvalue weighted by atomic mass is 9.95. The van der Waals surface area contributed by atoms with E-state index in [1.165, 1.54) is 30.6 Å². The first-order chi connectivity index (χ1) is 11.2. The summed E-state index contributed by atoms with van der Waals surface area (Å²) in [6.45, 7) is 0. The van der Waals surface area contributed by atoms with E-state index < -0.39 is 0 Å². The van der Waals surface area contributed by atoms with Crippen LogP contribution in [0.2, 0.25) is 0 Å². The number of nitrogens with one attached hydrogen (secondary N) is 1. The van der Waals surface area contributed by atoms with Gasteiger partial charge in [-0.3, -0.25) is 9.78 Å². The summed E-state index contributed by atoms with van der Waals surface area (Å²) in [4.78, 5) is 25.6. The molecule has 6 nitrogen and oxygen atoms in total. The van der Waals surface area contributed by atoms with Crippen LogP contribution in [0.25, 0.3) is 10.7 Å². The maximum atomic E-state index is 12.2. The molecule has 1 N–H and O–H groups in total. The smallest absolute Gasteiger partial charge is 0.270 e. The van der Waals surface area contributed by atoms with Gasteiger partial charge in [0.25, 0.3) is 5.91 Å². The van der Waals surface area contributed by atoms with Crippen LogP contribution in [-0.2, 0) is 4.74 Å². The Balaban J connectivity index is 0.000000595. The number of hydrogen-bond acceptors (Lipinski definition) is 6. The third-order valence-electron chi connectivity index (χ3n) is 3.48. The Hall–Kier alpha value is -1.86. The van der Waals surface area contributed by atoms with Gasteiger partial charge in [0.05, 0.1) is 10.4 Å². The van der Waals surface area contributed by atoms with Gasteiger partial charge in [-0.15, -0.1) is 11.3 Å². The molecule has 2 heterocycles. The van der Waals surface area contributed by atoms with Crippen LogP contribution < -0.4 is 5.32 Å². The van der Waals surface area contributed by atoms with E-state index in [2.05, 4.69) is 25.0 Å². The topological polar surface area (TPSA) is 77.0 Å². The number of rotatable bonds is 3. The molecule has 0 bridgehead atoms. The Morgan fingerprint density at radius 3 is 2.70 bits per heavy atom. The number of nitrogens with zero attached hydrogens (tertiary/aromatic N) is 3. The van der Waals surface area contributed by atoms with Crippen molar-refractivity contribution in [1.82, 2.24) is 20.3 Å². The third kappa shape index (κ3) is 5.37. The van der Waals surface area contributed by atoms with Gasteiger partial charge in [0.1, 0.15) is 5.69 Å². The molecule has 2 aromatic heterocycles. The highest BCUT2D eigenvalue weighted by molar-refractivity contribution is 7.13. The van der Waals surface area contributed by atoms with Gasteiger partial charge in [0.15, 0.2) is 5.82 Å². The van der Waals surface area contributed by atoms with Crippen molar-refractivity contribution < 1.29 is 9.53 Å². The van der Waals surface area contributed by atoms with Crippen LogP contribution in [-0.4, -0.2) is 41.1 Å². The summed E-state index contributed by atoms with van der Waals surface area (Å²) in [5, 5.41) is 3.07. The molecule has 0 aromatic carbocycles. The molecule has 0 atom stereocenters. The number of carbonyl (C=O) groups is 1. The normalized spacial score (nSPS) is 14.7. The van der Waals surface area contributed by atoms with E-state index in [-0.39, 0.29) is 11.9 Å². The predicted octanol–water partition coefficient (Wildman–Crippen LogP) is 2.93. The molecule has 3 rings (SSSR count). The van der Waals surface area contributed by atoms with Crippen molar-refractivity contribution in [2.75, 3.05) is 14.2 Å². The summed E-state index contributed by atoms with van der Waals surface area (Å²) >= 11 is 1.46. The zero-order valence-electron chi connectivity index (χ0n) is 13.5. The first-order valence-electron chi connectivity index (χ1n) is 7.67. The number of aromatic nitrogens is 3. The fourth-order valence-electron chi connectivity index (χ4n) is 2.44. The number of carbonyl (C=O) groups excluding carboxylic acids is 1. The maximum absolute atomic E-state index is 12.2. The zero-order valence-corrected chi connectivity index (χ0v) is 14.3. The summed E-state index contributed by atoms with van der Waals surface area (Å²) in [7, 11) is 3.25. The molecule has 0 unspecified atom stereocenters. The molecule has 1 aliphatic rings. The van der Waals surface area contributed by atoms with E-state index in [1.54, 1.807) is 38.2 Å². The van der Waals surface area contributed by atoms with Crippen LogP contribution in [0, 0.1) is 0 Å². The average Bonchev–Trinajstić information content (AvgIpc) is 3.11. The Morgan fingerprint density at radius 2 is 2.04 bits per heavy atom. The van der Waals surface area contributed by atoms with Crippen molar-refractivity contribution in [3.8, 4) is 10.7 Å². The number of thiazole rings is 1. The minimum absolute atomic E-state index is 0.106. The lowest BCUT2D eigenvalue weighted by Gasteiger charge is -2.22. The summed E-state index contributed by atoms with van der Waals surface area (Å²) in [6.07, 6.45) is 9.13. The van der Waals surface area contributed by atoms with Gasteiger partial charge in [-0.2, -0.15) is 0 Å². The van der Waals surface area contributed by atoms with Gasteiger partial charge in [-0.1, -0.05) is 19.3 Å². The number of methoxy groups -OCH3 is 1. The molecule has 2 aromatic rings. The highest BCUT2D eigenvalue weighted by Gasteiger charge is 2.18. The monoisotopic (exact) mass is 334 g/mol. The second kappa shape index (κ2) is 9.32. The minimum atomic E-state index is -0.106. The van der Waals surface area contributed by atoms with Crippen molar-refractivity contribution in [3.05, 3.63) is 29.7 Å². The SMILES string of the molecule is COC.O=C(NC1CCCCC1)c1ccnc(-c2cncs2)n1. The Morgan fingerprint density at radius 1 is 1.30 bits per heavy atom. The fourth-order valence-corrected chi connectivity index (χ4v) is 3.00. The summed E-state index contributed by atoms with van der Waals surface area (Å²) in [5.74, 6) is 0.453. The first-order valence-corrected chi connectivity index (χ1v) is 8.55. The summed E-state index contributed by atoms with van der Waals surface area (Å²) in [5.41, 5.74) is 2.15. The molecule has 1 aliphatic carbocycles. The Labute approximate surface area is 140 Å². The molecule has 7 heteroatoms. The van der Waals surface area contributed by atoms with Crippen LogP contribution in [0.1, 0.15) is 42.6 Å². The van der Waals surface area contributed by atoms with Crippen LogP contribution >= 0.6 is 11.3 Å². The van der Waals surface area contributed by atoms with Crippen LogP contribution in [0.15, 0.2) is 24.0 Å². The van der Waals surface area contributed by atoms with Crippen LogP contribution in [0.5, 0.6) is 0 Å². The minimum Gasteiger partial charge on any atom is -0.388 e. The maximum Gasteiger partial charge on any atom is 0.270 e. The van der Waals surface area contributed by atoms with Crippen molar-refractivity contribution in [1.29, 1.82) is 0 Å². The molecule has 1 fully saturated rings. The molecule has 1 saturated carbocycles. The predicted molar refractivity (Wildman–Crippen MR) is 90.4 cm³/mol. The number of amides is 1. The van der Waals surface area contributed by atoms with Gasteiger partial charge in [0, 0.05) is 32.7 Å². The molecular weight excluding hydrogens is 312 g/mol. The zero-order chi connectivity index (χ0) is 16.5. The highest BCUT2D eigenvalue weighted by atomic mass is 32.1. The van der Waals surface area contributed by atoms with E-state index in [0.717, 1.165) is 17.7 Å². The Bertz CT molecular complexity index is 598. The van der Waals surface area contributed by atoms with Crippen molar-refractivity contribution in [3.63, 3.8) is 0 Å². The molecule has 23 heavy (non-hydrogen) atoms. The van der Waals surface area contributed by atoms with Gasteiger partial charge >= 0.3 is 0 Å². The van der Waals surface area contributed by atoms with Gasteiger partial charge in [0.2, 0.25) is 0 Å². The van der Waals surface area contributed by atoms with Crippen molar-refractivity contribution in [2.45, 2.75) is 38.1 Å². The lowest BCUT2D eigenvalue weighted by Crippen LogP contribution is -2.36. The molecular formula is C16H22N4O2S. The summed E-state index contributed by atoms with van der Waals surface area (Å²) in [6, 6.07) is 1.95. The van der Waals surface area contributed by atoms with E-state index in [9.17, 15) is 4.79 Å². The molecule has 0 saturated heterocycles. The van der Waals surface area contributed by atoms with Crippen LogP contribution in [0.3, 0.4) is 0 Å². The number of hydrogen-bond donors (Lipinski definition) is 1. The second-order valence-electron chi connectivity index (χ2n) is 5.35. The molecule has 0 spiro atoms. The van der Waals surface area contributed by atoms with E-state index in [4.69, 9.17) is 0 Å². The van der Waals surface area contributed by atoms with E-state index in [0.29, 0.717) is 11.5 Å². The van der Waals surface area contributed by atoms with Crippen molar-refractivity contribution >= 4 is 17.2 Å². The highest BCUT2D eigenvalue weighted by Crippen LogP contribution is 2.20. The number of ether oxygens (including phenoxy) is 1. The Kier molecular flexibility index (Phi) is 7.09. The average molecular weight is 334 g/mol. The largest absolute Gasteiger partial charge is 0.388 e. The quantitative estimate of drug-likeness (QED) is 0.934. The summed E-state index contributed by atoms with van der Waals surface area (Å²) < 4.78 is 4.25. The molecule has 1 amide bonds. The standard InChI is InChI=1S/C14H16N4OS.C2H6O/c19-14(17-10-4-2-1-3-5-10)11-6-7-16-13(18-11)12-8-15-9-20-12;1-3-2/h6-10H,1-5H2,(H,17,19);1-2H3. The van der Waals surface area contributed by atoms with Gasteiger partial charge < -0.3 is 10.1 Å². The van der Waals surface area contributed by atoms with Gasteiger partial charge in [-0.25, -0.2) is 9.97 Å². The third-order valence-corrected chi connectivity index (χ3v) is 4.25.